The number of carbonyl (C=O) groups excluding carboxylic acids is 2. The molecule has 12 heteroatoms. The van der Waals surface area contributed by atoms with Crippen LogP contribution < -0.4 is 4.90 Å². The van der Waals surface area contributed by atoms with Crippen LogP contribution in [0.15, 0.2) is 70.6 Å². The zero-order valence-corrected chi connectivity index (χ0v) is 24.6. The second-order valence-corrected chi connectivity index (χ2v) is 12.4. The van der Waals surface area contributed by atoms with Gasteiger partial charge in [0.2, 0.25) is 5.13 Å². The van der Waals surface area contributed by atoms with Gasteiger partial charge in [-0.15, -0.1) is 10.2 Å². The summed E-state index contributed by atoms with van der Waals surface area (Å²) in [5, 5.41) is 21.5. The minimum Gasteiger partial charge on any atom is -0.507 e. The molecule has 4 aromatic rings. The van der Waals surface area contributed by atoms with E-state index in [9.17, 15) is 14.7 Å². The number of aliphatic hydroxyl groups excluding tert-OH is 1. The summed E-state index contributed by atoms with van der Waals surface area (Å²) in [6.07, 6.45) is 0. The standard InChI is InChI=1S/C27H17Cl4N3O3S2/c1-13-2-4-14(5-3-13)23(35)21-22(15-7-9-18(29)20(31)10-15)34(25(37)24(21)36)26-32-33-27(39-26)38-12-16-6-8-17(28)11-19(16)30/h2-11,22,35H,12H2,1H3/b23-21-. The third kappa shape index (κ3) is 5.68. The van der Waals surface area contributed by atoms with Crippen molar-refractivity contribution in [3.8, 4) is 0 Å². The number of thioether (sulfide) groups is 1. The SMILES string of the molecule is Cc1ccc(/C(O)=C2/C(=O)C(=O)N(c3nnc(SCc4ccc(Cl)cc4Cl)s3)C2c2ccc(Cl)c(Cl)c2)cc1. The molecule has 1 atom stereocenters. The summed E-state index contributed by atoms with van der Waals surface area (Å²) >= 11 is 27.2. The second kappa shape index (κ2) is 11.5. The molecule has 6 nitrogen and oxygen atoms in total. The topological polar surface area (TPSA) is 83.4 Å². The molecule has 198 valence electrons. The molecule has 1 aliphatic rings. The van der Waals surface area contributed by atoms with Gasteiger partial charge in [0.25, 0.3) is 5.78 Å². The van der Waals surface area contributed by atoms with E-state index in [1.807, 2.05) is 13.0 Å². The Kier molecular flexibility index (Phi) is 8.24. The third-order valence-electron chi connectivity index (χ3n) is 6.00. The smallest absolute Gasteiger partial charge is 0.301 e. The van der Waals surface area contributed by atoms with E-state index in [0.717, 1.165) is 22.5 Å². The van der Waals surface area contributed by atoms with Crippen molar-refractivity contribution in [3.63, 3.8) is 0 Å². The Balaban J connectivity index is 1.55. The Labute approximate surface area is 252 Å². The fourth-order valence-electron chi connectivity index (χ4n) is 4.03. The molecule has 0 aliphatic carbocycles. The summed E-state index contributed by atoms with van der Waals surface area (Å²) in [5.41, 5.74) is 2.63. The van der Waals surface area contributed by atoms with Crippen LogP contribution >= 0.6 is 69.5 Å². The van der Waals surface area contributed by atoms with Gasteiger partial charge in [-0.1, -0.05) is 111 Å². The number of aliphatic hydroxyl groups is 1. The molecule has 1 aliphatic heterocycles. The van der Waals surface area contributed by atoms with Crippen LogP contribution in [-0.2, 0) is 15.3 Å². The highest BCUT2D eigenvalue weighted by Crippen LogP contribution is 2.45. The summed E-state index contributed by atoms with van der Waals surface area (Å²) < 4.78 is 0.560. The van der Waals surface area contributed by atoms with Crippen molar-refractivity contribution in [3.05, 3.63) is 109 Å². The number of Topliss-reactive ketones (excluding diaryl/α,β-unsaturated/α-hetero) is 1. The summed E-state index contributed by atoms with van der Waals surface area (Å²) in [4.78, 5) is 28.0. The van der Waals surface area contributed by atoms with Gasteiger partial charge in [-0.3, -0.25) is 14.5 Å². The van der Waals surface area contributed by atoms with E-state index in [1.54, 1.807) is 54.6 Å². The van der Waals surface area contributed by atoms with Crippen LogP contribution in [0.1, 0.15) is 28.3 Å². The first-order valence-electron chi connectivity index (χ1n) is 11.4. The average Bonchev–Trinajstić information content (AvgIpc) is 3.47. The van der Waals surface area contributed by atoms with Crippen molar-refractivity contribution in [2.45, 2.75) is 23.1 Å². The number of nitrogens with zero attached hydrogens (tertiary/aromatic N) is 3. The Morgan fingerprint density at radius 2 is 1.69 bits per heavy atom. The summed E-state index contributed by atoms with van der Waals surface area (Å²) in [6.45, 7) is 1.91. The van der Waals surface area contributed by atoms with Gasteiger partial charge >= 0.3 is 5.91 Å². The Morgan fingerprint density at radius 1 is 0.949 bits per heavy atom. The molecule has 0 bridgehead atoms. The molecule has 2 heterocycles. The number of benzene rings is 3. The van der Waals surface area contributed by atoms with Crippen LogP contribution in [0.2, 0.25) is 20.1 Å². The molecule has 5 rings (SSSR count). The third-order valence-corrected chi connectivity index (χ3v) is 9.43. The molecule has 1 fully saturated rings. The van der Waals surface area contributed by atoms with E-state index in [-0.39, 0.29) is 21.5 Å². The first-order chi connectivity index (χ1) is 18.6. The maximum absolute atomic E-state index is 13.4. The van der Waals surface area contributed by atoms with Crippen molar-refractivity contribution in [1.29, 1.82) is 0 Å². The van der Waals surface area contributed by atoms with E-state index < -0.39 is 17.7 Å². The number of halogens is 4. The number of anilines is 1. The first-order valence-corrected chi connectivity index (χ1v) is 14.7. The highest BCUT2D eigenvalue weighted by molar-refractivity contribution is 8.00. The van der Waals surface area contributed by atoms with Gasteiger partial charge in [-0.25, -0.2) is 0 Å². The van der Waals surface area contributed by atoms with E-state index in [2.05, 4.69) is 10.2 Å². The molecule has 1 N–H and O–H groups in total. The van der Waals surface area contributed by atoms with Gasteiger partial charge in [-0.2, -0.15) is 0 Å². The predicted octanol–water partition coefficient (Wildman–Crippen LogP) is 8.38. The molecule has 1 aromatic heterocycles. The maximum Gasteiger partial charge on any atom is 0.301 e. The van der Waals surface area contributed by atoms with Crippen molar-refractivity contribution in [2.75, 3.05) is 4.90 Å². The van der Waals surface area contributed by atoms with E-state index >= 15 is 0 Å². The number of aromatic nitrogens is 2. The summed E-state index contributed by atoms with van der Waals surface area (Å²) in [7, 11) is 0. The lowest BCUT2D eigenvalue weighted by molar-refractivity contribution is -0.132. The van der Waals surface area contributed by atoms with Gasteiger partial charge in [0.05, 0.1) is 21.7 Å². The molecular weight excluding hydrogens is 620 g/mol. The molecule has 0 spiro atoms. The Morgan fingerprint density at radius 3 is 2.38 bits per heavy atom. The Hall–Kier alpha value is -2.59. The number of ketones is 1. The van der Waals surface area contributed by atoms with Crippen molar-refractivity contribution >= 4 is 92.1 Å². The van der Waals surface area contributed by atoms with E-state index in [1.165, 1.54) is 16.7 Å². The molecular formula is C27H17Cl4N3O3S2. The molecule has 1 amide bonds. The van der Waals surface area contributed by atoms with Crippen LogP contribution in [0.5, 0.6) is 0 Å². The molecule has 39 heavy (non-hydrogen) atoms. The second-order valence-electron chi connectivity index (χ2n) is 8.58. The number of hydrogen-bond donors (Lipinski definition) is 1. The van der Waals surface area contributed by atoms with E-state index in [0.29, 0.717) is 36.3 Å². The maximum atomic E-state index is 13.4. The lowest BCUT2D eigenvalue weighted by Gasteiger charge is -2.22. The monoisotopic (exact) mass is 635 g/mol. The summed E-state index contributed by atoms with van der Waals surface area (Å²) in [5.74, 6) is -1.49. The molecule has 0 radical (unpaired) electrons. The summed E-state index contributed by atoms with van der Waals surface area (Å²) in [6, 6.07) is 16.0. The lowest BCUT2D eigenvalue weighted by atomic mass is 9.95. The highest BCUT2D eigenvalue weighted by Gasteiger charge is 2.48. The van der Waals surface area contributed by atoms with Crippen LogP contribution in [0, 0.1) is 6.92 Å². The quantitative estimate of drug-likeness (QED) is 0.0752. The molecule has 1 unspecified atom stereocenters. The molecule has 1 saturated heterocycles. The zero-order valence-electron chi connectivity index (χ0n) is 20.0. The van der Waals surface area contributed by atoms with Crippen LogP contribution in [0.4, 0.5) is 5.13 Å². The van der Waals surface area contributed by atoms with Gasteiger partial charge in [-0.05, 0) is 42.3 Å². The van der Waals surface area contributed by atoms with Crippen molar-refractivity contribution in [2.24, 2.45) is 0 Å². The number of aryl methyl sites for hydroxylation is 1. The number of amides is 1. The Bertz CT molecular complexity index is 1640. The first kappa shape index (κ1) is 28.0. The normalized spacial score (nSPS) is 16.7. The highest BCUT2D eigenvalue weighted by atomic mass is 35.5. The predicted molar refractivity (Wildman–Crippen MR) is 158 cm³/mol. The van der Waals surface area contributed by atoms with Gasteiger partial charge in [0, 0.05) is 21.4 Å². The van der Waals surface area contributed by atoms with Crippen molar-refractivity contribution in [1.82, 2.24) is 10.2 Å². The van der Waals surface area contributed by atoms with Gasteiger partial charge in [0.15, 0.2) is 4.34 Å². The zero-order chi connectivity index (χ0) is 27.8. The van der Waals surface area contributed by atoms with Gasteiger partial charge < -0.3 is 5.11 Å². The van der Waals surface area contributed by atoms with E-state index in [4.69, 9.17) is 46.4 Å². The van der Waals surface area contributed by atoms with Crippen LogP contribution in [0.25, 0.3) is 5.76 Å². The van der Waals surface area contributed by atoms with Crippen LogP contribution in [0.3, 0.4) is 0 Å². The number of carbonyl (C=O) groups is 2. The number of hydrogen-bond acceptors (Lipinski definition) is 7. The van der Waals surface area contributed by atoms with Gasteiger partial charge in [0.1, 0.15) is 5.76 Å². The fourth-order valence-corrected chi connectivity index (χ4v) is 6.76. The molecule has 0 saturated carbocycles. The minimum atomic E-state index is -1.00. The fraction of sp³-hybridized carbons (Fsp3) is 0.111. The van der Waals surface area contributed by atoms with Crippen LogP contribution in [-0.4, -0.2) is 27.0 Å². The number of rotatable bonds is 6. The largest absolute Gasteiger partial charge is 0.507 e. The average molecular weight is 637 g/mol. The van der Waals surface area contributed by atoms with Crippen molar-refractivity contribution < 1.29 is 14.7 Å². The molecule has 3 aromatic carbocycles. The lowest BCUT2D eigenvalue weighted by Crippen LogP contribution is -2.29. The minimum absolute atomic E-state index is 0.0837.